The second-order valence-corrected chi connectivity index (χ2v) is 2.41. The minimum Gasteiger partial charge on any atom is -0.461 e. The van der Waals surface area contributed by atoms with Crippen molar-refractivity contribution in [1.29, 1.82) is 0 Å². The normalized spacial score (nSPS) is 9.77. The fourth-order valence-corrected chi connectivity index (χ4v) is 0.823. The minimum atomic E-state index is -0.956. The molecule has 0 aliphatic heterocycles. The van der Waals surface area contributed by atoms with E-state index in [4.69, 9.17) is 11.6 Å². The molecular formula is C7H6ClFN2O2. The first-order chi connectivity index (χ1) is 6.16. The monoisotopic (exact) mass is 204 g/mol. The molecule has 0 spiro atoms. The summed E-state index contributed by atoms with van der Waals surface area (Å²) in [7, 11) is 0. The molecule has 0 saturated carbocycles. The van der Waals surface area contributed by atoms with Gasteiger partial charge < -0.3 is 4.74 Å². The third-order valence-electron chi connectivity index (χ3n) is 1.22. The number of rotatable bonds is 2. The second-order valence-electron chi connectivity index (χ2n) is 2.05. The maximum Gasteiger partial charge on any atom is 0.360 e. The Bertz CT molecular complexity index is 332. The van der Waals surface area contributed by atoms with E-state index in [1.807, 2.05) is 0 Å². The van der Waals surface area contributed by atoms with Crippen LogP contribution in [0, 0.1) is 5.82 Å². The van der Waals surface area contributed by atoms with Gasteiger partial charge in [0.2, 0.25) is 0 Å². The predicted molar refractivity (Wildman–Crippen MR) is 43.0 cm³/mol. The number of carbonyl (C=O) groups is 1. The number of carbonyl (C=O) groups excluding carboxylic acids is 1. The number of hydrogen-bond acceptors (Lipinski definition) is 4. The maximum absolute atomic E-state index is 13.0. The van der Waals surface area contributed by atoms with Crippen LogP contribution in [0.5, 0.6) is 0 Å². The first-order valence-corrected chi connectivity index (χ1v) is 3.87. The molecule has 70 valence electrons. The summed E-state index contributed by atoms with van der Waals surface area (Å²) < 4.78 is 17.6. The average Bonchev–Trinajstić information content (AvgIpc) is 2.10. The lowest BCUT2D eigenvalue weighted by Gasteiger charge is -2.01. The van der Waals surface area contributed by atoms with Crippen molar-refractivity contribution in [3.8, 4) is 0 Å². The zero-order valence-electron chi connectivity index (χ0n) is 6.75. The van der Waals surface area contributed by atoms with E-state index in [2.05, 4.69) is 14.7 Å². The molecule has 1 heterocycles. The number of ether oxygens (including phenoxy) is 1. The third-order valence-corrected chi connectivity index (χ3v) is 1.48. The zero-order valence-corrected chi connectivity index (χ0v) is 7.51. The quantitative estimate of drug-likeness (QED) is 0.541. The molecule has 0 fully saturated rings. The van der Waals surface area contributed by atoms with Crippen molar-refractivity contribution in [1.82, 2.24) is 9.97 Å². The average molecular weight is 205 g/mol. The number of hydrogen-bond donors (Lipinski definition) is 0. The van der Waals surface area contributed by atoms with Gasteiger partial charge in [-0.05, 0) is 6.92 Å². The number of halogens is 2. The first-order valence-electron chi connectivity index (χ1n) is 3.50. The van der Waals surface area contributed by atoms with E-state index in [1.54, 1.807) is 6.92 Å². The molecule has 1 aromatic rings. The molecule has 0 atom stereocenters. The Balaban J connectivity index is 3.01. The van der Waals surface area contributed by atoms with E-state index in [0.717, 1.165) is 6.33 Å². The molecule has 0 unspecified atom stereocenters. The number of aromatic nitrogens is 2. The molecule has 0 radical (unpaired) electrons. The van der Waals surface area contributed by atoms with Crippen molar-refractivity contribution in [2.75, 3.05) is 6.61 Å². The van der Waals surface area contributed by atoms with E-state index in [0.29, 0.717) is 0 Å². The maximum atomic E-state index is 13.0. The van der Waals surface area contributed by atoms with Crippen molar-refractivity contribution in [2.24, 2.45) is 0 Å². The van der Waals surface area contributed by atoms with Crippen molar-refractivity contribution < 1.29 is 13.9 Å². The van der Waals surface area contributed by atoms with Gasteiger partial charge in [0.05, 0.1) is 6.61 Å². The summed E-state index contributed by atoms with van der Waals surface area (Å²) >= 11 is 5.32. The topological polar surface area (TPSA) is 52.1 Å². The molecule has 13 heavy (non-hydrogen) atoms. The Hall–Kier alpha value is -1.23. The fourth-order valence-electron chi connectivity index (χ4n) is 0.690. The van der Waals surface area contributed by atoms with E-state index >= 15 is 0 Å². The van der Waals surface area contributed by atoms with Crippen LogP contribution in [0.1, 0.15) is 17.4 Å². The van der Waals surface area contributed by atoms with E-state index in [1.165, 1.54) is 0 Å². The largest absolute Gasteiger partial charge is 0.461 e. The van der Waals surface area contributed by atoms with Gasteiger partial charge in [-0.3, -0.25) is 0 Å². The highest BCUT2D eigenvalue weighted by molar-refractivity contribution is 6.29. The van der Waals surface area contributed by atoms with Crippen LogP contribution in [0.15, 0.2) is 6.33 Å². The molecule has 0 amide bonds. The summed E-state index contributed by atoms with van der Waals surface area (Å²) in [6.07, 6.45) is 0.998. The summed E-state index contributed by atoms with van der Waals surface area (Å²) in [5, 5.41) is -0.391. The van der Waals surface area contributed by atoms with Gasteiger partial charge in [-0.1, -0.05) is 11.6 Å². The van der Waals surface area contributed by atoms with Crippen molar-refractivity contribution in [3.05, 3.63) is 23.0 Å². The predicted octanol–water partition coefficient (Wildman–Crippen LogP) is 1.45. The fraction of sp³-hybridized carbons (Fsp3) is 0.286. The third kappa shape index (κ3) is 2.12. The Morgan fingerprint density at radius 3 is 3.00 bits per heavy atom. The number of nitrogens with zero attached hydrogens (tertiary/aromatic N) is 2. The first kappa shape index (κ1) is 9.85. The van der Waals surface area contributed by atoms with Gasteiger partial charge in [-0.25, -0.2) is 19.2 Å². The molecule has 1 aromatic heterocycles. The molecular weight excluding hydrogens is 199 g/mol. The van der Waals surface area contributed by atoms with Crippen molar-refractivity contribution in [3.63, 3.8) is 0 Å². The Labute approximate surface area is 78.7 Å². The van der Waals surface area contributed by atoms with Crippen LogP contribution >= 0.6 is 11.6 Å². The Kier molecular flexibility index (Phi) is 3.13. The minimum absolute atomic E-state index is 0.153. The Morgan fingerprint density at radius 1 is 1.69 bits per heavy atom. The smallest absolute Gasteiger partial charge is 0.360 e. The van der Waals surface area contributed by atoms with Crippen LogP contribution in [-0.4, -0.2) is 22.5 Å². The van der Waals surface area contributed by atoms with Gasteiger partial charge in [0, 0.05) is 0 Å². The summed E-state index contributed by atoms with van der Waals surface area (Å²) in [4.78, 5) is 17.8. The van der Waals surface area contributed by atoms with E-state index < -0.39 is 22.6 Å². The second kappa shape index (κ2) is 4.13. The van der Waals surface area contributed by atoms with Gasteiger partial charge in [-0.2, -0.15) is 0 Å². The molecule has 0 aliphatic carbocycles. The van der Waals surface area contributed by atoms with Crippen LogP contribution < -0.4 is 0 Å². The van der Waals surface area contributed by atoms with Crippen LogP contribution in [0.25, 0.3) is 0 Å². The lowest BCUT2D eigenvalue weighted by Crippen LogP contribution is -2.10. The Morgan fingerprint density at radius 2 is 2.38 bits per heavy atom. The SMILES string of the molecule is CCOC(=O)c1ncnc(Cl)c1F. The molecule has 0 N–H and O–H groups in total. The molecule has 0 aromatic carbocycles. The number of esters is 1. The molecule has 0 aliphatic rings. The highest BCUT2D eigenvalue weighted by atomic mass is 35.5. The zero-order chi connectivity index (χ0) is 9.84. The van der Waals surface area contributed by atoms with Gasteiger partial charge in [0.1, 0.15) is 6.33 Å². The van der Waals surface area contributed by atoms with Gasteiger partial charge in [0.25, 0.3) is 0 Å². The summed E-state index contributed by atoms with van der Waals surface area (Å²) in [6, 6.07) is 0. The van der Waals surface area contributed by atoms with Gasteiger partial charge in [-0.15, -0.1) is 0 Å². The summed E-state index contributed by atoms with van der Waals surface area (Å²) in [5.41, 5.74) is -0.443. The van der Waals surface area contributed by atoms with Crippen LogP contribution in [0.3, 0.4) is 0 Å². The van der Waals surface area contributed by atoms with Crippen molar-refractivity contribution in [2.45, 2.75) is 6.92 Å². The summed E-state index contributed by atoms with van der Waals surface area (Å²) in [5.74, 6) is -1.80. The van der Waals surface area contributed by atoms with E-state index in [9.17, 15) is 9.18 Å². The van der Waals surface area contributed by atoms with Crippen LogP contribution in [-0.2, 0) is 4.74 Å². The molecule has 1 rings (SSSR count). The standard InChI is InChI=1S/C7H6ClFN2O2/c1-2-13-7(12)5-4(9)6(8)11-3-10-5/h3H,2H2,1H3. The van der Waals surface area contributed by atoms with Gasteiger partial charge >= 0.3 is 5.97 Å². The van der Waals surface area contributed by atoms with Crippen LogP contribution in [0.4, 0.5) is 4.39 Å². The molecule has 0 saturated heterocycles. The molecule has 0 bridgehead atoms. The van der Waals surface area contributed by atoms with E-state index in [-0.39, 0.29) is 6.61 Å². The lowest BCUT2D eigenvalue weighted by atomic mass is 10.4. The highest BCUT2D eigenvalue weighted by Crippen LogP contribution is 2.13. The van der Waals surface area contributed by atoms with Crippen molar-refractivity contribution >= 4 is 17.6 Å². The summed E-state index contributed by atoms with van der Waals surface area (Å²) in [6.45, 7) is 1.76. The van der Waals surface area contributed by atoms with Crippen LogP contribution in [0.2, 0.25) is 5.15 Å². The lowest BCUT2D eigenvalue weighted by molar-refractivity contribution is 0.0513. The molecule has 6 heteroatoms. The van der Waals surface area contributed by atoms with Gasteiger partial charge in [0.15, 0.2) is 16.7 Å². The highest BCUT2D eigenvalue weighted by Gasteiger charge is 2.17. The molecule has 4 nitrogen and oxygen atoms in total.